The van der Waals surface area contributed by atoms with Gasteiger partial charge in [-0.1, -0.05) is 12.1 Å². The number of methoxy groups -OCH3 is 1. The predicted molar refractivity (Wildman–Crippen MR) is 67.4 cm³/mol. The number of carbonyl (C=O) groups excluding carboxylic acids is 1. The van der Waals surface area contributed by atoms with Crippen LogP contribution < -0.4 is 10.2 Å². The Morgan fingerprint density at radius 1 is 1.50 bits per heavy atom. The number of benzene rings is 1. The zero-order chi connectivity index (χ0) is 12.5. The first-order valence-corrected chi connectivity index (χ1v) is 6.05. The molecule has 1 N–H and O–H groups in total. The smallest absolute Gasteiger partial charge is 0.173 e. The van der Waals surface area contributed by atoms with Gasteiger partial charge in [-0.2, -0.15) is 5.10 Å². The molecule has 0 amide bonds. The number of hydrogen-bond donors (Lipinski definition) is 1. The molecule has 1 unspecified atom stereocenters. The Hall–Kier alpha value is -2.04. The Bertz CT molecular complexity index is 497. The fourth-order valence-electron chi connectivity index (χ4n) is 2.20. The monoisotopic (exact) mass is 245 g/mol. The molecule has 3 rings (SSSR count). The van der Waals surface area contributed by atoms with Gasteiger partial charge >= 0.3 is 0 Å². The topological polar surface area (TPSA) is 53.9 Å². The van der Waals surface area contributed by atoms with Crippen LogP contribution in [0.1, 0.15) is 18.4 Å². The van der Waals surface area contributed by atoms with E-state index in [-0.39, 0.29) is 6.17 Å². The number of rotatable bonds is 4. The molecule has 5 heteroatoms. The van der Waals surface area contributed by atoms with Crippen molar-refractivity contribution in [2.75, 3.05) is 7.11 Å². The second kappa shape index (κ2) is 4.33. The lowest BCUT2D eigenvalue weighted by Gasteiger charge is -2.23. The van der Waals surface area contributed by atoms with E-state index in [1.807, 2.05) is 24.3 Å². The highest BCUT2D eigenvalue weighted by Gasteiger charge is 2.39. The van der Waals surface area contributed by atoms with Crippen LogP contribution in [0.3, 0.4) is 0 Å². The van der Waals surface area contributed by atoms with E-state index in [2.05, 4.69) is 15.4 Å². The van der Waals surface area contributed by atoms with E-state index in [1.54, 1.807) is 7.11 Å². The quantitative estimate of drug-likeness (QED) is 0.802. The van der Waals surface area contributed by atoms with Crippen molar-refractivity contribution in [2.24, 2.45) is 5.10 Å². The van der Waals surface area contributed by atoms with E-state index in [4.69, 9.17) is 4.74 Å². The van der Waals surface area contributed by atoms with E-state index in [9.17, 15) is 4.79 Å². The maximum atomic E-state index is 11.0. The van der Waals surface area contributed by atoms with Crippen molar-refractivity contribution in [3.63, 3.8) is 0 Å². The molecule has 1 aromatic rings. The lowest BCUT2D eigenvalue weighted by atomic mass is 10.1. The summed E-state index contributed by atoms with van der Waals surface area (Å²) in [4.78, 5) is 13.1. The molecule has 5 nitrogen and oxygen atoms in total. The summed E-state index contributed by atoms with van der Waals surface area (Å²) in [6.45, 7) is 0. The van der Waals surface area contributed by atoms with Crippen LogP contribution >= 0.6 is 0 Å². The van der Waals surface area contributed by atoms with Gasteiger partial charge < -0.3 is 9.64 Å². The zero-order valence-electron chi connectivity index (χ0n) is 10.2. The van der Waals surface area contributed by atoms with E-state index in [1.165, 1.54) is 0 Å². The van der Waals surface area contributed by atoms with Crippen molar-refractivity contribution in [2.45, 2.75) is 25.0 Å². The van der Waals surface area contributed by atoms with Crippen molar-refractivity contribution in [1.82, 2.24) is 10.3 Å². The Labute approximate surface area is 105 Å². The van der Waals surface area contributed by atoms with Gasteiger partial charge in [0.1, 0.15) is 5.75 Å². The highest BCUT2D eigenvalue weighted by atomic mass is 16.5. The largest absolute Gasteiger partial charge is 0.497 e. The van der Waals surface area contributed by atoms with Gasteiger partial charge in [0.15, 0.2) is 18.3 Å². The molecule has 1 aliphatic carbocycles. The van der Waals surface area contributed by atoms with Crippen molar-refractivity contribution in [3.05, 3.63) is 29.8 Å². The number of hydrogen-bond acceptors (Lipinski definition) is 5. The Morgan fingerprint density at radius 2 is 2.33 bits per heavy atom. The van der Waals surface area contributed by atoms with Crippen LogP contribution in [0.15, 0.2) is 29.4 Å². The highest BCUT2D eigenvalue weighted by Crippen LogP contribution is 2.31. The minimum absolute atomic E-state index is 0.335. The molecule has 18 heavy (non-hydrogen) atoms. The van der Waals surface area contributed by atoms with Crippen LogP contribution in [0.5, 0.6) is 5.75 Å². The maximum Gasteiger partial charge on any atom is 0.173 e. The van der Waals surface area contributed by atoms with E-state index < -0.39 is 0 Å². The maximum absolute atomic E-state index is 11.0. The molecular weight excluding hydrogens is 230 g/mol. The van der Waals surface area contributed by atoms with Crippen LogP contribution in [-0.4, -0.2) is 36.3 Å². The van der Waals surface area contributed by atoms with Crippen molar-refractivity contribution >= 4 is 12.1 Å². The molecule has 0 saturated heterocycles. The lowest BCUT2D eigenvalue weighted by Crippen LogP contribution is -2.43. The van der Waals surface area contributed by atoms with Gasteiger partial charge in [0.25, 0.3) is 0 Å². The van der Waals surface area contributed by atoms with Gasteiger partial charge in [-0.15, -0.1) is 0 Å². The van der Waals surface area contributed by atoms with Gasteiger partial charge in [0, 0.05) is 11.6 Å². The van der Waals surface area contributed by atoms with Gasteiger partial charge in [-0.3, -0.25) is 10.2 Å². The molecule has 0 bridgehead atoms. The fourth-order valence-corrected chi connectivity index (χ4v) is 2.20. The van der Waals surface area contributed by atoms with Crippen LogP contribution in [0, 0.1) is 0 Å². The summed E-state index contributed by atoms with van der Waals surface area (Å²) in [5, 5.41) is 4.28. The Morgan fingerprint density at radius 3 is 3.00 bits per heavy atom. The van der Waals surface area contributed by atoms with Crippen LogP contribution in [0.25, 0.3) is 0 Å². The molecule has 0 aromatic heterocycles. The summed E-state index contributed by atoms with van der Waals surface area (Å²) in [5.41, 5.74) is 3.84. The second-order valence-electron chi connectivity index (χ2n) is 4.52. The summed E-state index contributed by atoms with van der Waals surface area (Å²) < 4.78 is 5.22. The average molecular weight is 245 g/mol. The highest BCUT2D eigenvalue weighted by molar-refractivity contribution is 6.01. The number of nitrogens with one attached hydrogen (secondary N) is 1. The molecule has 0 spiro atoms. The first kappa shape index (κ1) is 11.1. The first-order chi connectivity index (χ1) is 8.83. The number of ether oxygens (including phenoxy) is 1. The molecule has 94 valence electrons. The zero-order valence-corrected chi connectivity index (χ0v) is 10.2. The predicted octanol–water partition coefficient (Wildman–Crippen LogP) is 0.949. The molecular formula is C13H15N3O2. The normalized spacial score (nSPS) is 22.4. The molecule has 1 heterocycles. The third-order valence-corrected chi connectivity index (χ3v) is 3.24. The van der Waals surface area contributed by atoms with Gasteiger partial charge in [0.2, 0.25) is 0 Å². The van der Waals surface area contributed by atoms with Crippen LogP contribution in [0.2, 0.25) is 0 Å². The van der Waals surface area contributed by atoms with Crippen molar-refractivity contribution < 1.29 is 9.53 Å². The number of aldehydes is 1. The second-order valence-corrected chi connectivity index (χ2v) is 4.52. The number of nitrogens with zero attached hydrogens (tertiary/aromatic N) is 2. The van der Waals surface area contributed by atoms with Gasteiger partial charge in [-0.25, -0.2) is 0 Å². The average Bonchev–Trinajstić information content (AvgIpc) is 3.17. The summed E-state index contributed by atoms with van der Waals surface area (Å²) >= 11 is 0. The Kier molecular flexibility index (Phi) is 2.66. The molecule has 1 fully saturated rings. The van der Waals surface area contributed by atoms with E-state index >= 15 is 0 Å². The fraction of sp³-hybridized carbons (Fsp3) is 0.385. The molecule has 1 aliphatic heterocycles. The minimum Gasteiger partial charge on any atom is -0.497 e. The summed E-state index contributed by atoms with van der Waals surface area (Å²) in [6.07, 6.45) is 2.80. The van der Waals surface area contributed by atoms with Gasteiger partial charge in [0.05, 0.1) is 7.11 Å². The third-order valence-electron chi connectivity index (χ3n) is 3.24. The van der Waals surface area contributed by atoms with Crippen molar-refractivity contribution in [3.8, 4) is 5.75 Å². The molecule has 1 atom stereocenters. The molecule has 2 aliphatic rings. The summed E-state index contributed by atoms with van der Waals surface area (Å²) in [7, 11) is 1.64. The molecule has 1 aromatic carbocycles. The molecule has 1 saturated carbocycles. The SMILES string of the molecule is COc1cccc(C2=NNC(C=O)N2C2CC2)c1. The molecule has 0 radical (unpaired) electrons. The Balaban J connectivity index is 1.92. The van der Waals surface area contributed by atoms with Crippen molar-refractivity contribution in [1.29, 1.82) is 0 Å². The van der Waals surface area contributed by atoms with Gasteiger partial charge in [-0.05, 0) is 25.0 Å². The number of amidine groups is 1. The summed E-state index contributed by atoms with van der Waals surface area (Å²) in [5.74, 6) is 1.62. The van der Waals surface area contributed by atoms with E-state index in [0.717, 1.165) is 36.3 Å². The number of carbonyl (C=O) groups is 1. The summed E-state index contributed by atoms with van der Waals surface area (Å²) in [6, 6.07) is 8.16. The standard InChI is InChI=1S/C13H15N3O2/c1-18-11-4-2-3-9(7-11)13-15-14-12(8-17)16(13)10-5-6-10/h2-4,7-8,10,12,14H,5-6H2,1H3. The minimum atomic E-state index is -0.335. The van der Waals surface area contributed by atoms with Crippen LogP contribution in [-0.2, 0) is 4.79 Å². The lowest BCUT2D eigenvalue weighted by molar-refractivity contribution is -0.111. The van der Waals surface area contributed by atoms with Crippen LogP contribution in [0.4, 0.5) is 0 Å². The van der Waals surface area contributed by atoms with E-state index in [0.29, 0.717) is 6.04 Å². The third kappa shape index (κ3) is 1.81. The number of hydrazone groups is 1. The first-order valence-electron chi connectivity index (χ1n) is 6.05.